The lowest BCUT2D eigenvalue weighted by Gasteiger charge is -2.26. The van der Waals surface area contributed by atoms with Crippen LogP contribution in [0.25, 0.3) is 11.1 Å². The van der Waals surface area contributed by atoms with Gasteiger partial charge in [0.1, 0.15) is 19.2 Å². The zero-order valence-electron chi connectivity index (χ0n) is 19.0. The molecule has 7 nitrogen and oxygen atoms in total. The Bertz CT molecular complexity index is 951. The fourth-order valence-corrected chi connectivity index (χ4v) is 4.67. The Balaban J connectivity index is 1.68. The summed E-state index contributed by atoms with van der Waals surface area (Å²) in [7, 11) is 0. The van der Waals surface area contributed by atoms with Gasteiger partial charge in [0.05, 0.1) is 0 Å². The lowest BCUT2D eigenvalue weighted by molar-refractivity contribution is -0.145. The first-order valence-electron chi connectivity index (χ1n) is 11.1. The topological polar surface area (TPSA) is 95.9 Å². The van der Waals surface area contributed by atoms with Gasteiger partial charge in [-0.25, -0.2) is 4.79 Å². The summed E-state index contributed by atoms with van der Waals surface area (Å²) in [5.74, 6) is -0.914. The molecule has 0 bridgehead atoms. The number of thioether (sulfide) groups is 1. The lowest BCUT2D eigenvalue weighted by atomic mass is 9.98. The molecule has 0 radical (unpaired) electrons. The van der Waals surface area contributed by atoms with Crippen molar-refractivity contribution in [2.45, 2.75) is 31.7 Å². The van der Waals surface area contributed by atoms with Gasteiger partial charge in [-0.3, -0.25) is 9.59 Å². The van der Waals surface area contributed by atoms with Gasteiger partial charge in [0.15, 0.2) is 0 Å². The molecule has 2 N–H and O–H groups in total. The van der Waals surface area contributed by atoms with Crippen molar-refractivity contribution in [1.29, 1.82) is 0 Å². The largest absolute Gasteiger partial charge is 0.480 e. The Hall–Kier alpha value is -3.00. The standard InChI is InChI=1S/C25H30N2O5S/c1-3-13-27(15-23(28)29)24(30)22(12-14-33-2)26-25(31)32-16-21-19-10-6-4-8-17(19)18-9-5-7-11-20(18)21/h4-11,21-22H,3,12-16H2,1-2H3,(H,26,31)(H,28,29). The van der Waals surface area contributed by atoms with Crippen molar-refractivity contribution in [2.75, 3.05) is 31.7 Å². The molecule has 0 aromatic heterocycles. The molecular weight excluding hydrogens is 440 g/mol. The smallest absolute Gasteiger partial charge is 0.407 e. The monoisotopic (exact) mass is 470 g/mol. The summed E-state index contributed by atoms with van der Waals surface area (Å²) in [6.07, 6.45) is 2.25. The van der Waals surface area contributed by atoms with Crippen molar-refractivity contribution in [3.8, 4) is 11.1 Å². The average Bonchev–Trinajstić information content (AvgIpc) is 3.13. The van der Waals surface area contributed by atoms with Crippen LogP contribution in [0.1, 0.15) is 36.8 Å². The molecular formula is C25H30N2O5S. The molecule has 1 aliphatic rings. The molecule has 2 aromatic rings. The van der Waals surface area contributed by atoms with Gasteiger partial charge in [0.2, 0.25) is 5.91 Å². The second kappa shape index (κ2) is 11.7. The number of rotatable bonds is 11. The minimum Gasteiger partial charge on any atom is -0.480 e. The van der Waals surface area contributed by atoms with Gasteiger partial charge in [-0.1, -0.05) is 55.5 Å². The molecule has 0 saturated carbocycles. The maximum atomic E-state index is 13.0. The number of carboxylic acid groups (broad SMARTS) is 1. The van der Waals surface area contributed by atoms with Crippen LogP contribution in [0.4, 0.5) is 4.79 Å². The molecule has 176 valence electrons. The molecule has 2 aromatic carbocycles. The van der Waals surface area contributed by atoms with E-state index in [2.05, 4.69) is 17.4 Å². The first-order valence-corrected chi connectivity index (χ1v) is 12.5. The SMILES string of the molecule is CCCN(CC(=O)O)C(=O)C(CCSC)NC(=O)OCC1c2ccccc2-c2ccccc21. The molecule has 3 rings (SSSR count). The number of fused-ring (bicyclic) bond motifs is 3. The Morgan fingerprint density at radius 3 is 2.24 bits per heavy atom. The molecule has 0 saturated heterocycles. The van der Waals surface area contributed by atoms with Crippen molar-refractivity contribution in [3.63, 3.8) is 0 Å². The van der Waals surface area contributed by atoms with Crippen LogP contribution in [0.3, 0.4) is 0 Å². The third-order valence-corrected chi connectivity index (χ3v) is 6.32. The summed E-state index contributed by atoms with van der Waals surface area (Å²) < 4.78 is 5.58. The van der Waals surface area contributed by atoms with Gasteiger partial charge >= 0.3 is 12.1 Å². The van der Waals surface area contributed by atoms with E-state index in [-0.39, 0.29) is 12.5 Å². The summed E-state index contributed by atoms with van der Waals surface area (Å²) in [5, 5.41) is 11.8. The summed E-state index contributed by atoms with van der Waals surface area (Å²) in [4.78, 5) is 38.1. The van der Waals surface area contributed by atoms with Gasteiger partial charge in [0.25, 0.3) is 0 Å². The van der Waals surface area contributed by atoms with E-state index < -0.39 is 30.6 Å². The highest BCUT2D eigenvalue weighted by Crippen LogP contribution is 2.44. The van der Waals surface area contributed by atoms with E-state index >= 15 is 0 Å². The van der Waals surface area contributed by atoms with Crippen LogP contribution < -0.4 is 5.32 Å². The Morgan fingerprint density at radius 1 is 1.09 bits per heavy atom. The van der Waals surface area contributed by atoms with Gasteiger partial charge in [-0.2, -0.15) is 11.8 Å². The normalized spacial score (nSPS) is 13.0. The molecule has 8 heteroatoms. The van der Waals surface area contributed by atoms with E-state index in [0.29, 0.717) is 25.1 Å². The van der Waals surface area contributed by atoms with Gasteiger partial charge in [0, 0.05) is 12.5 Å². The number of hydrogen-bond donors (Lipinski definition) is 2. The number of nitrogens with one attached hydrogen (secondary N) is 1. The van der Waals surface area contributed by atoms with Gasteiger partial charge < -0.3 is 20.1 Å². The Morgan fingerprint density at radius 2 is 1.70 bits per heavy atom. The maximum absolute atomic E-state index is 13.0. The number of ether oxygens (including phenoxy) is 1. The number of amides is 2. The van der Waals surface area contributed by atoms with E-state index in [1.807, 2.05) is 49.6 Å². The summed E-state index contributed by atoms with van der Waals surface area (Å²) in [6, 6.07) is 15.3. The quantitative estimate of drug-likeness (QED) is 0.516. The van der Waals surface area contributed by atoms with Crippen LogP contribution >= 0.6 is 11.8 Å². The maximum Gasteiger partial charge on any atom is 0.407 e. The van der Waals surface area contributed by atoms with E-state index in [4.69, 9.17) is 9.84 Å². The van der Waals surface area contributed by atoms with Gasteiger partial charge in [-0.05, 0) is 47.1 Å². The highest BCUT2D eigenvalue weighted by Gasteiger charge is 2.31. The Kier molecular flexibility index (Phi) is 8.77. The lowest BCUT2D eigenvalue weighted by Crippen LogP contribution is -2.50. The first kappa shape index (κ1) is 24.6. The van der Waals surface area contributed by atoms with E-state index in [9.17, 15) is 14.4 Å². The molecule has 1 atom stereocenters. The highest BCUT2D eigenvalue weighted by atomic mass is 32.2. The molecule has 2 amide bonds. The average molecular weight is 471 g/mol. The minimum absolute atomic E-state index is 0.0768. The third-order valence-electron chi connectivity index (χ3n) is 5.68. The van der Waals surface area contributed by atoms with Crippen molar-refractivity contribution in [3.05, 3.63) is 59.7 Å². The number of hydrogen-bond acceptors (Lipinski definition) is 5. The van der Waals surface area contributed by atoms with E-state index in [0.717, 1.165) is 22.3 Å². The molecule has 0 fully saturated rings. The van der Waals surface area contributed by atoms with Crippen LogP contribution in [0, 0.1) is 0 Å². The van der Waals surface area contributed by atoms with Crippen molar-refractivity contribution in [2.24, 2.45) is 0 Å². The second-order valence-corrected chi connectivity index (χ2v) is 8.94. The van der Waals surface area contributed by atoms with Crippen molar-refractivity contribution < 1.29 is 24.2 Å². The zero-order chi connectivity index (χ0) is 23.8. The number of carbonyl (C=O) groups is 3. The summed E-state index contributed by atoms with van der Waals surface area (Å²) in [5.41, 5.74) is 4.49. The summed E-state index contributed by atoms with van der Waals surface area (Å²) >= 11 is 1.55. The van der Waals surface area contributed by atoms with Crippen molar-refractivity contribution >= 4 is 29.7 Å². The van der Waals surface area contributed by atoms with Crippen LogP contribution in [0.15, 0.2) is 48.5 Å². The molecule has 0 spiro atoms. The highest BCUT2D eigenvalue weighted by molar-refractivity contribution is 7.98. The predicted octanol–water partition coefficient (Wildman–Crippen LogP) is 3.97. The zero-order valence-corrected chi connectivity index (χ0v) is 19.8. The number of carboxylic acids is 1. The number of benzene rings is 2. The number of alkyl carbamates (subject to hydrolysis) is 1. The molecule has 0 aliphatic heterocycles. The van der Waals surface area contributed by atoms with Crippen LogP contribution in [0.2, 0.25) is 0 Å². The second-order valence-electron chi connectivity index (χ2n) is 7.96. The van der Waals surface area contributed by atoms with E-state index in [1.54, 1.807) is 11.8 Å². The fourth-order valence-electron chi connectivity index (χ4n) is 4.20. The molecule has 1 aliphatic carbocycles. The number of carbonyl (C=O) groups excluding carboxylic acids is 2. The van der Waals surface area contributed by atoms with Crippen LogP contribution in [0.5, 0.6) is 0 Å². The summed E-state index contributed by atoms with van der Waals surface area (Å²) in [6.45, 7) is 1.94. The predicted molar refractivity (Wildman–Crippen MR) is 129 cm³/mol. The number of aliphatic carboxylic acids is 1. The molecule has 1 unspecified atom stereocenters. The number of nitrogens with zero attached hydrogens (tertiary/aromatic N) is 1. The van der Waals surface area contributed by atoms with Crippen LogP contribution in [-0.4, -0.2) is 65.7 Å². The first-order chi connectivity index (χ1) is 16.0. The van der Waals surface area contributed by atoms with Crippen molar-refractivity contribution in [1.82, 2.24) is 10.2 Å². The minimum atomic E-state index is -1.08. The molecule has 0 heterocycles. The van der Waals surface area contributed by atoms with Gasteiger partial charge in [-0.15, -0.1) is 0 Å². The van der Waals surface area contributed by atoms with Crippen LogP contribution in [-0.2, 0) is 14.3 Å². The third kappa shape index (κ3) is 6.07. The van der Waals surface area contributed by atoms with E-state index in [1.165, 1.54) is 4.90 Å². The molecule has 33 heavy (non-hydrogen) atoms. The Labute approximate surface area is 198 Å². The fraction of sp³-hybridized carbons (Fsp3) is 0.400.